The van der Waals surface area contributed by atoms with E-state index >= 15 is 0 Å². The minimum absolute atomic E-state index is 0.973. The summed E-state index contributed by atoms with van der Waals surface area (Å²) in [5.74, 6) is 0. The normalized spacial score (nSPS) is 14.5. The summed E-state index contributed by atoms with van der Waals surface area (Å²) in [6.07, 6.45) is 9.39. The van der Waals surface area contributed by atoms with Crippen LogP contribution in [0, 0.1) is 0 Å². The molecule has 1 aliphatic heterocycles. The Hall–Kier alpha value is -1.70. The van der Waals surface area contributed by atoms with E-state index in [1.807, 2.05) is 0 Å². The monoisotopic (exact) mass is 254 g/mol. The Bertz CT molecular complexity index is 542. The van der Waals surface area contributed by atoms with Crippen LogP contribution in [-0.4, -0.2) is 11.1 Å². The first-order valence-electron chi connectivity index (χ1n) is 7.34. The first kappa shape index (κ1) is 12.3. The summed E-state index contributed by atoms with van der Waals surface area (Å²) in [5, 5.41) is 0. The lowest BCUT2D eigenvalue weighted by atomic mass is 10.0. The molecule has 2 heterocycles. The zero-order valence-electron chi connectivity index (χ0n) is 11.7. The predicted molar refractivity (Wildman–Crippen MR) is 80.5 cm³/mol. The molecule has 1 aromatic carbocycles. The molecule has 0 bridgehead atoms. The van der Waals surface area contributed by atoms with Gasteiger partial charge in [-0.05, 0) is 42.5 Å². The van der Waals surface area contributed by atoms with Crippen LogP contribution < -0.4 is 4.90 Å². The average molecular weight is 254 g/mol. The first-order valence-corrected chi connectivity index (χ1v) is 7.34. The lowest BCUT2D eigenvalue weighted by Crippen LogP contribution is -2.30. The standard InChI is InChI=1S/C17H22N2/c1-2-6-15-10-12-18(13-15)14-19-11-5-8-16-7-3-4-9-17(16)19/h3-4,7,9-10,12-13H,2,5-6,8,11,14H2,1H3. The van der Waals surface area contributed by atoms with Crippen LogP contribution in [0.5, 0.6) is 0 Å². The quantitative estimate of drug-likeness (QED) is 0.804. The highest BCUT2D eigenvalue weighted by molar-refractivity contribution is 5.54. The van der Waals surface area contributed by atoms with E-state index in [1.165, 1.54) is 42.5 Å². The van der Waals surface area contributed by atoms with Crippen molar-refractivity contribution in [2.24, 2.45) is 0 Å². The SMILES string of the molecule is CCCc1ccn(CN2CCCc3ccccc32)c1. The summed E-state index contributed by atoms with van der Waals surface area (Å²) in [4.78, 5) is 2.49. The van der Waals surface area contributed by atoms with Gasteiger partial charge in [0.2, 0.25) is 0 Å². The highest BCUT2D eigenvalue weighted by Gasteiger charge is 2.15. The molecule has 0 aliphatic carbocycles. The molecule has 0 spiro atoms. The molecule has 0 unspecified atom stereocenters. The van der Waals surface area contributed by atoms with Gasteiger partial charge in [-0.15, -0.1) is 0 Å². The molecule has 3 rings (SSSR count). The van der Waals surface area contributed by atoms with Gasteiger partial charge in [0.05, 0.1) is 6.67 Å². The molecule has 0 amide bonds. The average Bonchev–Trinajstić information content (AvgIpc) is 2.87. The highest BCUT2D eigenvalue weighted by atomic mass is 15.2. The van der Waals surface area contributed by atoms with Gasteiger partial charge in [0, 0.05) is 24.6 Å². The van der Waals surface area contributed by atoms with Gasteiger partial charge in [0.15, 0.2) is 0 Å². The van der Waals surface area contributed by atoms with Crippen LogP contribution in [0.1, 0.15) is 30.9 Å². The molecule has 100 valence electrons. The van der Waals surface area contributed by atoms with Gasteiger partial charge < -0.3 is 9.47 Å². The maximum Gasteiger partial charge on any atom is 0.0940 e. The minimum Gasteiger partial charge on any atom is -0.353 e. The van der Waals surface area contributed by atoms with Gasteiger partial charge in [-0.2, -0.15) is 0 Å². The van der Waals surface area contributed by atoms with E-state index in [1.54, 1.807) is 0 Å². The number of nitrogens with zero attached hydrogens (tertiary/aromatic N) is 2. The van der Waals surface area contributed by atoms with Crippen molar-refractivity contribution >= 4 is 5.69 Å². The topological polar surface area (TPSA) is 8.17 Å². The van der Waals surface area contributed by atoms with Crippen LogP contribution >= 0.6 is 0 Å². The summed E-state index contributed by atoms with van der Waals surface area (Å²) in [6.45, 7) is 4.37. The van der Waals surface area contributed by atoms with E-state index in [0.29, 0.717) is 0 Å². The molecular formula is C17H22N2. The van der Waals surface area contributed by atoms with Crippen LogP contribution in [0.3, 0.4) is 0 Å². The van der Waals surface area contributed by atoms with Crippen LogP contribution in [0.25, 0.3) is 0 Å². The number of hydrogen-bond donors (Lipinski definition) is 0. The van der Waals surface area contributed by atoms with Crippen molar-refractivity contribution in [2.45, 2.75) is 39.3 Å². The van der Waals surface area contributed by atoms with Crippen molar-refractivity contribution in [3.63, 3.8) is 0 Å². The Morgan fingerprint density at radius 3 is 2.95 bits per heavy atom. The zero-order chi connectivity index (χ0) is 13.1. The van der Waals surface area contributed by atoms with Crippen molar-refractivity contribution in [3.05, 3.63) is 53.9 Å². The summed E-state index contributed by atoms with van der Waals surface area (Å²) < 4.78 is 2.31. The summed E-state index contributed by atoms with van der Waals surface area (Å²) in [6, 6.07) is 11.1. The van der Waals surface area contributed by atoms with Gasteiger partial charge in [-0.25, -0.2) is 0 Å². The van der Waals surface area contributed by atoms with Crippen LogP contribution in [0.15, 0.2) is 42.7 Å². The fourth-order valence-corrected chi connectivity index (χ4v) is 2.97. The third-order valence-corrected chi connectivity index (χ3v) is 3.89. The van der Waals surface area contributed by atoms with Crippen molar-refractivity contribution in [1.82, 2.24) is 4.57 Å². The fraction of sp³-hybridized carbons (Fsp3) is 0.412. The maximum atomic E-state index is 2.49. The van der Waals surface area contributed by atoms with Crippen molar-refractivity contribution in [1.29, 1.82) is 0 Å². The van der Waals surface area contributed by atoms with Gasteiger partial charge in [0.25, 0.3) is 0 Å². The molecule has 19 heavy (non-hydrogen) atoms. The summed E-state index contributed by atoms with van der Waals surface area (Å²) in [7, 11) is 0. The molecule has 2 heteroatoms. The highest BCUT2D eigenvalue weighted by Crippen LogP contribution is 2.27. The third kappa shape index (κ3) is 2.67. The van der Waals surface area contributed by atoms with E-state index in [-0.39, 0.29) is 0 Å². The predicted octanol–water partition coefficient (Wildman–Crippen LogP) is 3.85. The number of hydrogen-bond acceptors (Lipinski definition) is 1. The van der Waals surface area contributed by atoms with E-state index in [9.17, 15) is 0 Å². The zero-order valence-corrected chi connectivity index (χ0v) is 11.7. The molecule has 0 fully saturated rings. The number of anilines is 1. The number of fused-ring (bicyclic) bond motifs is 1. The molecule has 1 aromatic heterocycles. The summed E-state index contributed by atoms with van der Waals surface area (Å²) >= 11 is 0. The van der Waals surface area contributed by atoms with E-state index in [4.69, 9.17) is 0 Å². The minimum atomic E-state index is 0.973. The van der Waals surface area contributed by atoms with Crippen molar-refractivity contribution in [2.75, 3.05) is 11.4 Å². The third-order valence-electron chi connectivity index (χ3n) is 3.89. The van der Waals surface area contributed by atoms with Crippen molar-refractivity contribution in [3.8, 4) is 0 Å². The number of benzene rings is 1. The molecule has 0 saturated carbocycles. The van der Waals surface area contributed by atoms with Gasteiger partial charge in [0.1, 0.15) is 0 Å². The van der Waals surface area contributed by atoms with Gasteiger partial charge in [-0.3, -0.25) is 0 Å². The van der Waals surface area contributed by atoms with E-state index < -0.39 is 0 Å². The van der Waals surface area contributed by atoms with Gasteiger partial charge in [-0.1, -0.05) is 31.5 Å². The molecule has 0 N–H and O–H groups in total. The second-order valence-corrected chi connectivity index (χ2v) is 5.42. The number of para-hydroxylation sites is 1. The second-order valence-electron chi connectivity index (χ2n) is 5.42. The number of rotatable bonds is 4. The lowest BCUT2D eigenvalue weighted by molar-refractivity contribution is 0.598. The molecule has 0 radical (unpaired) electrons. The Labute approximate surface area is 115 Å². The summed E-state index contributed by atoms with van der Waals surface area (Å²) in [5.41, 5.74) is 4.36. The Morgan fingerprint density at radius 2 is 2.05 bits per heavy atom. The van der Waals surface area contributed by atoms with E-state index in [0.717, 1.165) is 13.2 Å². The largest absolute Gasteiger partial charge is 0.353 e. The lowest BCUT2D eigenvalue weighted by Gasteiger charge is -2.31. The Balaban J connectivity index is 1.76. The molecule has 1 aliphatic rings. The van der Waals surface area contributed by atoms with Crippen molar-refractivity contribution < 1.29 is 0 Å². The fourth-order valence-electron chi connectivity index (χ4n) is 2.97. The van der Waals surface area contributed by atoms with E-state index in [2.05, 4.69) is 59.1 Å². The first-order chi connectivity index (χ1) is 9.36. The molecule has 2 nitrogen and oxygen atoms in total. The smallest absolute Gasteiger partial charge is 0.0940 e. The second kappa shape index (κ2) is 5.52. The van der Waals surface area contributed by atoms with Crippen LogP contribution in [0.4, 0.5) is 5.69 Å². The Morgan fingerprint density at radius 1 is 1.16 bits per heavy atom. The molecule has 2 aromatic rings. The molecule has 0 saturated heterocycles. The van der Waals surface area contributed by atoms with Gasteiger partial charge >= 0.3 is 0 Å². The maximum absolute atomic E-state index is 2.49. The molecular weight excluding hydrogens is 232 g/mol. The van der Waals surface area contributed by atoms with Crippen LogP contribution in [-0.2, 0) is 19.5 Å². The molecule has 0 atom stereocenters. The van der Waals surface area contributed by atoms with Crippen LogP contribution in [0.2, 0.25) is 0 Å². The number of aryl methyl sites for hydroxylation is 2. The Kier molecular flexibility index (Phi) is 3.58. The number of aromatic nitrogens is 1.